The number of carbonyl (C=O) groups excluding carboxylic acids is 1. The van der Waals surface area contributed by atoms with Gasteiger partial charge in [0.1, 0.15) is 5.65 Å². The monoisotopic (exact) mass is 403 g/mol. The molecule has 2 aromatic rings. The molecule has 0 aromatic carbocycles. The molecule has 1 saturated carbocycles. The summed E-state index contributed by atoms with van der Waals surface area (Å²) in [6.45, 7) is 2.77. The highest BCUT2D eigenvalue weighted by atomic mass is 35.5. The van der Waals surface area contributed by atoms with Gasteiger partial charge in [0.25, 0.3) is 11.5 Å². The first kappa shape index (κ1) is 22.1. The second-order valence-electron chi connectivity index (χ2n) is 6.22. The van der Waals surface area contributed by atoms with Gasteiger partial charge >= 0.3 is 5.69 Å². The van der Waals surface area contributed by atoms with Crippen LogP contribution < -0.4 is 22.3 Å². The fourth-order valence-electron chi connectivity index (χ4n) is 2.73. The number of fused-ring (bicyclic) bond motifs is 1. The largest absolute Gasteiger partial charge is 0.350 e. The Bertz CT molecular complexity index is 892. The van der Waals surface area contributed by atoms with Crippen molar-refractivity contribution in [2.45, 2.75) is 38.8 Å². The maximum Gasteiger partial charge on any atom is 0.329 e. The van der Waals surface area contributed by atoms with Crippen LogP contribution in [0.3, 0.4) is 0 Å². The van der Waals surface area contributed by atoms with Gasteiger partial charge in [-0.2, -0.15) is 0 Å². The number of halogens is 2. The molecular weight excluding hydrogens is 381 g/mol. The number of aromatic nitrogens is 3. The van der Waals surface area contributed by atoms with Gasteiger partial charge in [-0.15, -0.1) is 24.8 Å². The third-order valence-electron chi connectivity index (χ3n) is 4.27. The van der Waals surface area contributed by atoms with Crippen LogP contribution in [0.2, 0.25) is 0 Å². The number of amides is 1. The summed E-state index contributed by atoms with van der Waals surface area (Å²) < 4.78 is 1.40. The van der Waals surface area contributed by atoms with E-state index in [1.165, 1.54) is 16.8 Å². The second-order valence-corrected chi connectivity index (χ2v) is 6.22. The Hall–Kier alpha value is -1.90. The lowest BCUT2D eigenvalue weighted by molar-refractivity contribution is 0.0950. The Labute approximate surface area is 162 Å². The van der Waals surface area contributed by atoms with Crippen LogP contribution >= 0.6 is 24.8 Å². The number of nitrogens with zero attached hydrogens (tertiary/aromatic N) is 2. The predicted molar refractivity (Wildman–Crippen MR) is 104 cm³/mol. The van der Waals surface area contributed by atoms with Crippen LogP contribution in [0, 0.1) is 5.92 Å². The molecule has 1 atom stereocenters. The molecule has 3 rings (SSSR count). The number of aryl methyl sites for hydroxylation is 1. The number of hydrogen-bond acceptors (Lipinski definition) is 5. The predicted octanol–water partition coefficient (Wildman–Crippen LogP) is 0.805. The molecule has 0 spiro atoms. The lowest BCUT2D eigenvalue weighted by atomic mass is 10.2. The lowest BCUT2D eigenvalue weighted by Gasteiger charge is -2.12. The van der Waals surface area contributed by atoms with E-state index in [9.17, 15) is 14.4 Å². The van der Waals surface area contributed by atoms with Crippen LogP contribution in [-0.4, -0.2) is 33.0 Å². The Morgan fingerprint density at radius 2 is 2.12 bits per heavy atom. The minimum atomic E-state index is -0.542. The number of H-pyrrole nitrogens is 1. The SMILES string of the molecule is CCCn1c(=O)[nH]c(=O)c2cc(C(=O)NCC(N)C3CC3)cnc21.Cl.Cl. The van der Waals surface area contributed by atoms with Gasteiger partial charge in [0.05, 0.1) is 10.9 Å². The molecule has 8 nitrogen and oxygen atoms in total. The van der Waals surface area contributed by atoms with Crippen LogP contribution in [0.4, 0.5) is 0 Å². The minimum absolute atomic E-state index is 0. The highest BCUT2D eigenvalue weighted by Crippen LogP contribution is 2.31. The van der Waals surface area contributed by atoms with Gasteiger partial charge in [0, 0.05) is 25.3 Å². The Kier molecular flexibility index (Phi) is 7.80. The van der Waals surface area contributed by atoms with Gasteiger partial charge in [-0.25, -0.2) is 9.78 Å². The van der Waals surface area contributed by atoms with Gasteiger partial charge in [-0.05, 0) is 31.2 Å². The van der Waals surface area contributed by atoms with Crippen molar-refractivity contribution >= 4 is 41.8 Å². The van der Waals surface area contributed by atoms with Gasteiger partial charge in [0.2, 0.25) is 0 Å². The Balaban J connectivity index is 0.00000169. The van der Waals surface area contributed by atoms with Gasteiger partial charge in [-0.1, -0.05) is 6.92 Å². The lowest BCUT2D eigenvalue weighted by Crippen LogP contribution is -2.38. The Morgan fingerprint density at radius 1 is 1.42 bits per heavy atom. The van der Waals surface area contributed by atoms with E-state index in [1.54, 1.807) is 0 Å². The molecule has 0 bridgehead atoms. The molecule has 4 N–H and O–H groups in total. The number of carbonyl (C=O) groups is 1. The number of nitrogens with two attached hydrogens (primary N) is 1. The van der Waals surface area contributed by atoms with Crippen molar-refractivity contribution in [3.8, 4) is 0 Å². The summed E-state index contributed by atoms with van der Waals surface area (Å²) in [7, 11) is 0. The van der Waals surface area contributed by atoms with E-state index in [0.29, 0.717) is 19.0 Å². The van der Waals surface area contributed by atoms with Crippen LogP contribution in [0.1, 0.15) is 36.5 Å². The van der Waals surface area contributed by atoms with Crippen molar-refractivity contribution in [2.24, 2.45) is 11.7 Å². The molecule has 2 aromatic heterocycles. The molecule has 0 aliphatic heterocycles. The third kappa shape index (κ3) is 4.63. The smallest absolute Gasteiger partial charge is 0.329 e. The number of hydrogen-bond donors (Lipinski definition) is 3. The first-order valence-corrected chi connectivity index (χ1v) is 8.18. The van der Waals surface area contributed by atoms with Gasteiger partial charge < -0.3 is 11.1 Å². The van der Waals surface area contributed by atoms with E-state index >= 15 is 0 Å². The van der Waals surface area contributed by atoms with Crippen molar-refractivity contribution in [1.29, 1.82) is 0 Å². The zero-order valence-electron chi connectivity index (χ0n) is 14.4. The summed E-state index contributed by atoms with van der Waals surface area (Å²) >= 11 is 0. The topological polar surface area (TPSA) is 123 Å². The van der Waals surface area contributed by atoms with E-state index in [1.807, 2.05) is 6.92 Å². The zero-order valence-corrected chi connectivity index (χ0v) is 16.0. The van der Waals surface area contributed by atoms with Crippen LogP contribution in [0.15, 0.2) is 21.9 Å². The summed E-state index contributed by atoms with van der Waals surface area (Å²) in [5, 5.41) is 2.99. The first-order valence-electron chi connectivity index (χ1n) is 8.18. The summed E-state index contributed by atoms with van der Waals surface area (Å²) in [6, 6.07) is 1.42. The molecule has 0 radical (unpaired) electrons. The second kappa shape index (κ2) is 9.16. The van der Waals surface area contributed by atoms with Crippen LogP contribution in [-0.2, 0) is 6.54 Å². The van der Waals surface area contributed by atoms with Crippen molar-refractivity contribution in [1.82, 2.24) is 19.9 Å². The van der Waals surface area contributed by atoms with E-state index in [-0.39, 0.29) is 53.4 Å². The number of nitrogens with one attached hydrogen (secondary N) is 2. The molecule has 10 heteroatoms. The van der Waals surface area contributed by atoms with Crippen molar-refractivity contribution in [2.75, 3.05) is 6.54 Å². The highest BCUT2D eigenvalue weighted by molar-refractivity contribution is 5.96. The Morgan fingerprint density at radius 3 is 2.73 bits per heavy atom. The van der Waals surface area contributed by atoms with E-state index in [4.69, 9.17) is 5.73 Å². The number of aromatic amines is 1. The van der Waals surface area contributed by atoms with E-state index in [2.05, 4.69) is 15.3 Å². The molecule has 144 valence electrons. The van der Waals surface area contributed by atoms with Gasteiger partial charge in [0.15, 0.2) is 0 Å². The van der Waals surface area contributed by atoms with Crippen molar-refractivity contribution in [3.63, 3.8) is 0 Å². The summed E-state index contributed by atoms with van der Waals surface area (Å²) in [5.41, 5.74) is 5.50. The van der Waals surface area contributed by atoms with Crippen LogP contribution in [0.25, 0.3) is 11.0 Å². The first-order chi connectivity index (χ1) is 11.5. The molecule has 1 unspecified atom stereocenters. The van der Waals surface area contributed by atoms with Crippen molar-refractivity contribution in [3.05, 3.63) is 38.7 Å². The molecule has 1 aliphatic carbocycles. The fraction of sp³-hybridized carbons (Fsp3) is 0.500. The minimum Gasteiger partial charge on any atom is -0.350 e. The van der Waals surface area contributed by atoms with E-state index < -0.39 is 11.2 Å². The fourth-order valence-corrected chi connectivity index (χ4v) is 2.73. The average Bonchev–Trinajstić information content (AvgIpc) is 3.40. The molecule has 1 fully saturated rings. The molecular formula is C16H23Cl2N5O3. The van der Waals surface area contributed by atoms with Crippen LogP contribution in [0.5, 0.6) is 0 Å². The van der Waals surface area contributed by atoms with Crippen molar-refractivity contribution < 1.29 is 4.79 Å². The summed E-state index contributed by atoms with van der Waals surface area (Å²) in [5.74, 6) is 0.166. The van der Waals surface area contributed by atoms with Gasteiger partial charge in [-0.3, -0.25) is 19.1 Å². The number of pyridine rings is 1. The average molecular weight is 404 g/mol. The third-order valence-corrected chi connectivity index (χ3v) is 4.27. The molecule has 26 heavy (non-hydrogen) atoms. The summed E-state index contributed by atoms with van der Waals surface area (Å²) in [4.78, 5) is 42.6. The molecule has 1 aliphatic rings. The molecule has 0 saturated heterocycles. The summed E-state index contributed by atoms with van der Waals surface area (Å²) in [6.07, 6.45) is 4.33. The molecule has 1 amide bonds. The maximum atomic E-state index is 12.2. The standard InChI is InChI=1S/C16H21N5O3.2ClH/c1-2-5-21-13-11(15(23)20-16(21)24)6-10(7-18-13)14(22)19-8-12(17)9-3-4-9;;/h6-7,9,12H,2-5,8,17H2,1H3,(H,19,22)(H,20,23,24);2*1H. The number of rotatable bonds is 6. The zero-order chi connectivity index (χ0) is 17.3. The normalized spacial score (nSPS) is 14.2. The molecule has 2 heterocycles. The van der Waals surface area contributed by atoms with E-state index in [0.717, 1.165) is 19.3 Å². The maximum absolute atomic E-state index is 12.2. The highest BCUT2D eigenvalue weighted by Gasteiger charge is 2.28. The quantitative estimate of drug-likeness (QED) is 0.658.